The summed E-state index contributed by atoms with van der Waals surface area (Å²) < 4.78 is 0. The van der Waals surface area contributed by atoms with Gasteiger partial charge in [0.2, 0.25) is 5.91 Å². The van der Waals surface area contributed by atoms with Crippen molar-refractivity contribution in [2.75, 3.05) is 41.4 Å². The van der Waals surface area contributed by atoms with Crippen LogP contribution in [0.5, 0.6) is 0 Å². The summed E-state index contributed by atoms with van der Waals surface area (Å²) in [5, 5.41) is 6.05. The third-order valence-corrected chi connectivity index (χ3v) is 6.83. The van der Waals surface area contributed by atoms with Gasteiger partial charge in [0, 0.05) is 30.3 Å². The molecule has 150 valence electrons. The fourth-order valence-corrected chi connectivity index (χ4v) is 4.99. The lowest BCUT2D eigenvalue weighted by Gasteiger charge is -2.29. The molecule has 9 heteroatoms. The number of halogens is 1. The average molecular weight is 423 g/mol. The normalized spacial score (nSPS) is 25.1. The van der Waals surface area contributed by atoms with Crippen molar-refractivity contribution in [1.29, 1.82) is 0 Å². The topological polar surface area (TPSA) is 81.8 Å². The monoisotopic (exact) mass is 422 g/mol. The Morgan fingerprint density at radius 3 is 2.68 bits per heavy atom. The number of anilines is 2. The smallest absolute Gasteiger partial charge is 0.325 e. The number of imide groups is 1. The van der Waals surface area contributed by atoms with Gasteiger partial charge < -0.3 is 15.5 Å². The Morgan fingerprint density at radius 1 is 1.32 bits per heavy atom. The molecule has 2 N–H and O–H groups in total. The van der Waals surface area contributed by atoms with E-state index >= 15 is 0 Å². The SMILES string of the molecule is CC1(C2CC2)NC(=O)N(CC(=O)Nc2ccc(N3CCSCC3)c(Cl)c2)C1=O. The molecule has 0 radical (unpaired) electrons. The molecule has 1 aromatic carbocycles. The van der Waals surface area contributed by atoms with E-state index in [1.165, 1.54) is 0 Å². The third-order valence-electron chi connectivity index (χ3n) is 5.58. The summed E-state index contributed by atoms with van der Waals surface area (Å²) in [5.41, 5.74) is 0.617. The van der Waals surface area contributed by atoms with Crippen molar-refractivity contribution in [1.82, 2.24) is 10.2 Å². The van der Waals surface area contributed by atoms with Gasteiger partial charge >= 0.3 is 6.03 Å². The minimum absolute atomic E-state index is 0.163. The molecule has 2 aliphatic heterocycles. The molecule has 0 spiro atoms. The van der Waals surface area contributed by atoms with E-state index in [4.69, 9.17) is 11.6 Å². The van der Waals surface area contributed by atoms with E-state index in [-0.39, 0.29) is 18.4 Å². The zero-order chi connectivity index (χ0) is 19.9. The van der Waals surface area contributed by atoms with Gasteiger partial charge in [0.25, 0.3) is 5.91 Å². The number of hydrogen-bond acceptors (Lipinski definition) is 5. The van der Waals surface area contributed by atoms with Crippen molar-refractivity contribution in [3.63, 3.8) is 0 Å². The largest absolute Gasteiger partial charge is 0.369 e. The number of hydrogen-bond donors (Lipinski definition) is 2. The molecule has 1 saturated carbocycles. The van der Waals surface area contributed by atoms with Crippen molar-refractivity contribution in [2.24, 2.45) is 5.92 Å². The van der Waals surface area contributed by atoms with Gasteiger partial charge in [0.1, 0.15) is 12.1 Å². The average Bonchev–Trinajstić information content (AvgIpc) is 3.49. The fourth-order valence-electron chi connectivity index (χ4n) is 3.79. The number of thioether (sulfide) groups is 1. The van der Waals surface area contributed by atoms with Crippen LogP contribution in [0.2, 0.25) is 5.02 Å². The maximum atomic E-state index is 12.6. The van der Waals surface area contributed by atoms with Crippen LogP contribution >= 0.6 is 23.4 Å². The van der Waals surface area contributed by atoms with Gasteiger partial charge in [-0.25, -0.2) is 4.79 Å². The van der Waals surface area contributed by atoms with Crippen LogP contribution in [0.3, 0.4) is 0 Å². The quantitative estimate of drug-likeness (QED) is 0.712. The summed E-state index contributed by atoms with van der Waals surface area (Å²) in [4.78, 5) is 40.4. The molecule has 1 aliphatic carbocycles. The van der Waals surface area contributed by atoms with Gasteiger partial charge in [-0.1, -0.05) is 11.6 Å². The van der Waals surface area contributed by atoms with E-state index < -0.39 is 17.5 Å². The summed E-state index contributed by atoms with van der Waals surface area (Å²) >= 11 is 8.34. The molecule has 3 aliphatic rings. The lowest BCUT2D eigenvalue weighted by Crippen LogP contribution is -2.46. The van der Waals surface area contributed by atoms with Gasteiger partial charge in [-0.3, -0.25) is 14.5 Å². The molecule has 3 fully saturated rings. The first-order valence-corrected chi connectivity index (χ1v) is 11.0. The van der Waals surface area contributed by atoms with Crippen LogP contribution < -0.4 is 15.5 Å². The highest BCUT2D eigenvalue weighted by Crippen LogP contribution is 2.42. The van der Waals surface area contributed by atoms with Crippen LogP contribution in [-0.4, -0.2) is 59.4 Å². The summed E-state index contributed by atoms with van der Waals surface area (Å²) in [5.74, 6) is 1.55. The number of carbonyl (C=O) groups is 3. The number of rotatable bonds is 5. The van der Waals surface area contributed by atoms with Crippen molar-refractivity contribution in [3.05, 3.63) is 23.2 Å². The summed E-state index contributed by atoms with van der Waals surface area (Å²) in [6, 6.07) is 4.88. The van der Waals surface area contributed by atoms with Gasteiger partial charge in [0.15, 0.2) is 0 Å². The Balaban J connectivity index is 1.39. The first kappa shape index (κ1) is 19.4. The number of nitrogens with zero attached hydrogens (tertiary/aromatic N) is 2. The molecule has 0 bridgehead atoms. The number of carbonyl (C=O) groups excluding carboxylic acids is 3. The van der Waals surface area contributed by atoms with Crippen LogP contribution in [0.15, 0.2) is 18.2 Å². The van der Waals surface area contributed by atoms with E-state index in [2.05, 4.69) is 15.5 Å². The molecular weight excluding hydrogens is 400 g/mol. The number of amides is 4. The maximum absolute atomic E-state index is 12.6. The maximum Gasteiger partial charge on any atom is 0.325 e. The summed E-state index contributed by atoms with van der Waals surface area (Å²) in [6.07, 6.45) is 1.84. The number of nitrogens with one attached hydrogen (secondary N) is 2. The molecule has 7 nitrogen and oxygen atoms in total. The van der Waals surface area contributed by atoms with E-state index in [1.54, 1.807) is 19.1 Å². The molecule has 2 saturated heterocycles. The minimum Gasteiger partial charge on any atom is -0.369 e. The first-order chi connectivity index (χ1) is 13.4. The Bertz CT molecular complexity index is 825. The van der Waals surface area contributed by atoms with E-state index in [0.717, 1.165) is 48.0 Å². The summed E-state index contributed by atoms with van der Waals surface area (Å²) in [7, 11) is 0. The fraction of sp³-hybridized carbons (Fsp3) is 0.526. The molecule has 0 aromatic heterocycles. The second kappa shape index (κ2) is 7.48. The van der Waals surface area contributed by atoms with E-state index in [0.29, 0.717) is 10.7 Å². The van der Waals surface area contributed by atoms with Gasteiger partial charge in [-0.2, -0.15) is 11.8 Å². The highest BCUT2D eigenvalue weighted by Gasteiger charge is 2.56. The lowest BCUT2D eigenvalue weighted by molar-refractivity contribution is -0.134. The molecule has 1 unspecified atom stereocenters. The second-order valence-electron chi connectivity index (χ2n) is 7.61. The molecule has 4 rings (SSSR count). The van der Waals surface area contributed by atoms with Crippen molar-refractivity contribution in [2.45, 2.75) is 25.3 Å². The van der Waals surface area contributed by atoms with Crippen molar-refractivity contribution in [3.8, 4) is 0 Å². The highest BCUT2D eigenvalue weighted by molar-refractivity contribution is 7.99. The van der Waals surface area contributed by atoms with Crippen molar-refractivity contribution >= 4 is 52.6 Å². The molecule has 1 aromatic rings. The lowest BCUT2D eigenvalue weighted by atomic mass is 9.96. The van der Waals surface area contributed by atoms with Crippen LogP contribution in [0.1, 0.15) is 19.8 Å². The van der Waals surface area contributed by atoms with Gasteiger partial charge in [0.05, 0.1) is 10.7 Å². The number of urea groups is 1. The zero-order valence-electron chi connectivity index (χ0n) is 15.7. The molecule has 28 heavy (non-hydrogen) atoms. The predicted octanol–water partition coefficient (Wildman–Crippen LogP) is 2.55. The Morgan fingerprint density at radius 2 is 2.04 bits per heavy atom. The van der Waals surface area contributed by atoms with Crippen LogP contribution in [0, 0.1) is 5.92 Å². The highest BCUT2D eigenvalue weighted by atomic mass is 35.5. The standard InChI is InChI=1S/C19H23ClN4O3S/c1-19(12-2-3-12)17(26)24(18(27)22-19)11-16(25)21-13-4-5-15(14(20)10-13)23-6-8-28-9-7-23/h4-5,10,12H,2-3,6-9,11H2,1H3,(H,21,25)(H,22,27). The van der Waals surface area contributed by atoms with E-state index in [9.17, 15) is 14.4 Å². The molecular formula is C19H23ClN4O3S. The van der Waals surface area contributed by atoms with Gasteiger partial charge in [-0.05, 0) is 43.9 Å². The van der Waals surface area contributed by atoms with Crippen LogP contribution in [-0.2, 0) is 9.59 Å². The molecule has 1 atom stereocenters. The van der Waals surface area contributed by atoms with Crippen LogP contribution in [0.25, 0.3) is 0 Å². The van der Waals surface area contributed by atoms with E-state index in [1.807, 2.05) is 17.8 Å². The molecule has 4 amide bonds. The Hall–Kier alpha value is -1.93. The predicted molar refractivity (Wildman–Crippen MR) is 111 cm³/mol. The minimum atomic E-state index is -0.880. The third kappa shape index (κ3) is 3.67. The van der Waals surface area contributed by atoms with Crippen molar-refractivity contribution < 1.29 is 14.4 Å². The first-order valence-electron chi connectivity index (χ1n) is 9.44. The Labute approximate surface area is 173 Å². The number of benzene rings is 1. The summed E-state index contributed by atoms with van der Waals surface area (Å²) in [6.45, 7) is 3.32. The second-order valence-corrected chi connectivity index (χ2v) is 9.24. The van der Waals surface area contributed by atoms with Crippen LogP contribution in [0.4, 0.5) is 16.2 Å². The molecule has 2 heterocycles. The van der Waals surface area contributed by atoms with Gasteiger partial charge in [-0.15, -0.1) is 0 Å². The Kier molecular flexibility index (Phi) is 5.18. The zero-order valence-corrected chi connectivity index (χ0v) is 17.2.